The molecule has 0 radical (unpaired) electrons. The highest BCUT2D eigenvalue weighted by Gasteiger charge is 2.29. The van der Waals surface area contributed by atoms with Crippen LogP contribution in [-0.2, 0) is 0 Å². The Labute approximate surface area is 172 Å². The van der Waals surface area contributed by atoms with Gasteiger partial charge in [0, 0.05) is 0 Å². The zero-order valence-electron chi connectivity index (χ0n) is 15.7. The summed E-state index contributed by atoms with van der Waals surface area (Å²) in [6.07, 6.45) is 0. The first-order chi connectivity index (χ1) is 14.7. The Morgan fingerprint density at radius 1 is 0.467 bits per heavy atom. The summed E-state index contributed by atoms with van der Waals surface area (Å²) < 4.78 is 27.4. The van der Waals surface area contributed by atoms with Crippen LogP contribution in [0.4, 0.5) is 31.5 Å². The molecule has 4 aromatic rings. The van der Waals surface area contributed by atoms with Gasteiger partial charge in [0.1, 0.15) is 23.0 Å². The molecule has 0 saturated carbocycles. The lowest BCUT2D eigenvalue weighted by molar-refractivity contribution is -0.0994. The van der Waals surface area contributed by atoms with Gasteiger partial charge in [0.05, 0.1) is 11.4 Å². The van der Waals surface area contributed by atoms with Crippen LogP contribution in [0.25, 0.3) is 0 Å². The largest absolute Gasteiger partial charge is 0.288 e. The van der Waals surface area contributed by atoms with E-state index in [0.29, 0.717) is 34.2 Å². The van der Waals surface area contributed by atoms with Crippen LogP contribution in [0.5, 0.6) is 11.5 Å². The summed E-state index contributed by atoms with van der Waals surface area (Å²) in [5.74, 6) is 0.270. The molecule has 0 amide bonds. The van der Waals surface area contributed by atoms with Gasteiger partial charge in [0.2, 0.25) is 11.5 Å². The Morgan fingerprint density at radius 3 is 1.23 bits per heavy atom. The number of fused-ring (bicyclic) bond motifs is 2. The Morgan fingerprint density at radius 2 is 0.833 bits per heavy atom. The summed E-state index contributed by atoms with van der Waals surface area (Å²) in [6.45, 7) is 0. The second-order valence-corrected chi connectivity index (χ2v) is 6.68. The first-order valence-electron chi connectivity index (χ1n) is 9.34. The van der Waals surface area contributed by atoms with Crippen molar-refractivity contribution in [2.24, 2.45) is 0 Å². The Hall–Kier alpha value is -4.06. The van der Waals surface area contributed by atoms with Gasteiger partial charge in [-0.2, -0.15) is 0 Å². The monoisotopic (exact) mass is 402 g/mol. The highest BCUT2D eigenvalue weighted by Crippen LogP contribution is 2.45. The average Bonchev–Trinajstić information content (AvgIpc) is 2.77. The summed E-state index contributed by atoms with van der Waals surface area (Å²) in [4.78, 5) is 11.3. The zero-order chi connectivity index (χ0) is 20.5. The van der Waals surface area contributed by atoms with Crippen LogP contribution in [0.3, 0.4) is 0 Å². The van der Waals surface area contributed by atoms with Crippen molar-refractivity contribution in [3.63, 3.8) is 0 Å². The van der Waals surface area contributed by atoms with Crippen molar-refractivity contribution in [1.29, 1.82) is 0 Å². The van der Waals surface area contributed by atoms with E-state index in [-0.39, 0.29) is 11.6 Å². The minimum absolute atomic E-state index is 0.340. The third kappa shape index (κ3) is 3.18. The fourth-order valence-electron chi connectivity index (χ4n) is 3.38. The number of para-hydroxylation sites is 4. The third-order valence-corrected chi connectivity index (χ3v) is 4.75. The van der Waals surface area contributed by atoms with E-state index in [4.69, 9.17) is 9.78 Å². The molecule has 6 heteroatoms. The number of halogens is 2. The number of rotatable bonds is 2. The maximum absolute atomic E-state index is 13.7. The van der Waals surface area contributed by atoms with Gasteiger partial charge < -0.3 is 0 Å². The predicted octanol–water partition coefficient (Wildman–Crippen LogP) is 6.54. The van der Waals surface area contributed by atoms with E-state index in [1.54, 1.807) is 36.4 Å². The standard InChI is InChI=1S/C24H16F2N2O2/c25-17-9-13-19(14-10-17)27-21-5-1-3-7-23(21)29-30-24-8-4-2-6-22(24)28(27)20-15-11-18(26)12-16-20/h1-16H. The number of hydrazine groups is 1. The molecule has 0 aliphatic carbocycles. The van der Waals surface area contributed by atoms with Crippen LogP contribution in [-0.4, -0.2) is 0 Å². The molecule has 0 spiro atoms. The maximum Gasteiger partial charge on any atom is 0.204 e. The van der Waals surface area contributed by atoms with Crippen LogP contribution in [0.15, 0.2) is 97.1 Å². The topological polar surface area (TPSA) is 24.9 Å². The summed E-state index contributed by atoms with van der Waals surface area (Å²) in [7, 11) is 0. The summed E-state index contributed by atoms with van der Waals surface area (Å²) >= 11 is 0. The minimum Gasteiger partial charge on any atom is -0.288 e. The molecule has 0 bridgehead atoms. The number of benzene rings is 4. The van der Waals surface area contributed by atoms with Gasteiger partial charge in [-0.1, -0.05) is 24.3 Å². The van der Waals surface area contributed by atoms with E-state index in [1.807, 2.05) is 46.4 Å². The van der Waals surface area contributed by atoms with Crippen molar-refractivity contribution in [1.82, 2.24) is 0 Å². The lowest BCUT2D eigenvalue weighted by atomic mass is 10.2. The Bertz CT molecular complexity index is 1090. The van der Waals surface area contributed by atoms with Gasteiger partial charge in [-0.05, 0) is 72.8 Å². The first kappa shape index (κ1) is 18.0. The molecule has 1 aliphatic rings. The summed E-state index contributed by atoms with van der Waals surface area (Å²) in [6, 6.07) is 27.0. The molecule has 0 unspecified atom stereocenters. The molecule has 30 heavy (non-hydrogen) atoms. The predicted molar refractivity (Wildman–Crippen MR) is 111 cm³/mol. The normalized spacial score (nSPS) is 12.7. The second kappa shape index (κ2) is 7.40. The number of hydrogen-bond donors (Lipinski definition) is 0. The van der Waals surface area contributed by atoms with E-state index in [9.17, 15) is 8.78 Å². The number of hydrogen-bond acceptors (Lipinski definition) is 4. The fourth-order valence-corrected chi connectivity index (χ4v) is 3.38. The smallest absolute Gasteiger partial charge is 0.204 e. The summed E-state index contributed by atoms with van der Waals surface area (Å²) in [5, 5.41) is 3.76. The van der Waals surface area contributed by atoms with E-state index < -0.39 is 0 Å². The molecular formula is C24H16F2N2O2. The zero-order valence-corrected chi connectivity index (χ0v) is 15.7. The highest BCUT2D eigenvalue weighted by atomic mass is 19.1. The van der Waals surface area contributed by atoms with Gasteiger partial charge in [-0.3, -0.25) is 9.78 Å². The van der Waals surface area contributed by atoms with Crippen molar-refractivity contribution in [3.05, 3.63) is 109 Å². The maximum atomic E-state index is 13.7. The van der Waals surface area contributed by atoms with E-state index in [2.05, 4.69) is 0 Å². The van der Waals surface area contributed by atoms with Crippen LogP contribution in [0, 0.1) is 11.6 Å². The van der Waals surface area contributed by atoms with Gasteiger partial charge >= 0.3 is 0 Å². The molecule has 0 aromatic heterocycles. The SMILES string of the molecule is Fc1ccc(N2c3ccccc3OOc3ccccc3N2c2ccc(F)cc2)cc1. The lowest BCUT2D eigenvalue weighted by Gasteiger charge is -2.40. The molecule has 0 saturated heterocycles. The third-order valence-electron chi connectivity index (χ3n) is 4.75. The van der Waals surface area contributed by atoms with Crippen LogP contribution in [0.1, 0.15) is 0 Å². The molecule has 1 heterocycles. The highest BCUT2D eigenvalue weighted by molar-refractivity contribution is 5.82. The molecule has 5 rings (SSSR count). The van der Waals surface area contributed by atoms with E-state index in [0.717, 1.165) is 0 Å². The van der Waals surface area contributed by atoms with Gasteiger partial charge in [-0.25, -0.2) is 18.8 Å². The molecule has 148 valence electrons. The molecule has 1 aliphatic heterocycles. The molecule has 4 aromatic carbocycles. The molecular weight excluding hydrogens is 386 g/mol. The number of anilines is 4. The molecule has 0 atom stereocenters. The average molecular weight is 402 g/mol. The van der Waals surface area contributed by atoms with Crippen molar-refractivity contribution in [3.8, 4) is 11.5 Å². The second-order valence-electron chi connectivity index (χ2n) is 6.68. The molecule has 0 fully saturated rings. The molecule has 4 nitrogen and oxygen atoms in total. The van der Waals surface area contributed by atoms with Crippen molar-refractivity contribution < 1.29 is 18.6 Å². The van der Waals surface area contributed by atoms with Crippen molar-refractivity contribution >= 4 is 22.7 Å². The van der Waals surface area contributed by atoms with Crippen LogP contribution < -0.4 is 19.8 Å². The van der Waals surface area contributed by atoms with E-state index >= 15 is 0 Å². The van der Waals surface area contributed by atoms with Gasteiger partial charge in [-0.15, -0.1) is 0 Å². The van der Waals surface area contributed by atoms with Gasteiger partial charge in [0.25, 0.3) is 0 Å². The van der Waals surface area contributed by atoms with Crippen molar-refractivity contribution in [2.45, 2.75) is 0 Å². The van der Waals surface area contributed by atoms with Crippen LogP contribution >= 0.6 is 0 Å². The first-order valence-corrected chi connectivity index (χ1v) is 9.34. The van der Waals surface area contributed by atoms with Crippen molar-refractivity contribution in [2.75, 3.05) is 10.0 Å². The lowest BCUT2D eigenvalue weighted by Crippen LogP contribution is -2.37. The van der Waals surface area contributed by atoms with Crippen LogP contribution in [0.2, 0.25) is 0 Å². The Balaban J connectivity index is 1.80. The summed E-state index contributed by atoms with van der Waals surface area (Å²) in [5.41, 5.74) is 2.72. The minimum atomic E-state index is -0.340. The van der Waals surface area contributed by atoms with Gasteiger partial charge in [0.15, 0.2) is 0 Å². The Kier molecular flexibility index (Phi) is 4.44. The fraction of sp³-hybridized carbons (Fsp3) is 0. The van der Waals surface area contributed by atoms with E-state index in [1.165, 1.54) is 24.3 Å². The quantitative estimate of drug-likeness (QED) is 0.355. The number of nitrogens with zero attached hydrogens (tertiary/aromatic N) is 2. The molecule has 0 N–H and O–H groups in total.